The van der Waals surface area contributed by atoms with Crippen LogP contribution >= 0.6 is 11.6 Å². The number of carbonyl (C=O) groups is 1. The van der Waals surface area contributed by atoms with Crippen molar-refractivity contribution >= 4 is 23.6 Å². The second-order valence-electron chi connectivity index (χ2n) is 4.89. The topological polar surface area (TPSA) is 49.3 Å². The highest BCUT2D eigenvalue weighted by molar-refractivity contribution is 6.32. The first-order valence-corrected chi connectivity index (χ1v) is 6.14. The van der Waals surface area contributed by atoms with Crippen molar-refractivity contribution in [3.05, 3.63) is 40.9 Å². The van der Waals surface area contributed by atoms with E-state index in [4.69, 9.17) is 16.7 Å². The van der Waals surface area contributed by atoms with Crippen molar-refractivity contribution in [1.82, 2.24) is 5.32 Å². The van der Waals surface area contributed by atoms with Gasteiger partial charge in [0.05, 0.1) is 0 Å². The molecule has 0 atom stereocenters. The van der Waals surface area contributed by atoms with E-state index in [0.717, 1.165) is 5.56 Å². The van der Waals surface area contributed by atoms with Crippen LogP contribution in [0.3, 0.4) is 0 Å². The van der Waals surface area contributed by atoms with Crippen molar-refractivity contribution in [2.75, 3.05) is 13.2 Å². The Kier molecular flexibility index (Phi) is 5.38. The van der Waals surface area contributed by atoms with Gasteiger partial charge in [-0.3, -0.25) is 4.79 Å². The molecule has 1 aromatic rings. The Balaban J connectivity index is 2.53. The number of nitrogens with one attached hydrogen (secondary N) is 1. The van der Waals surface area contributed by atoms with E-state index < -0.39 is 0 Å². The van der Waals surface area contributed by atoms with Crippen molar-refractivity contribution in [3.63, 3.8) is 0 Å². The zero-order chi connectivity index (χ0) is 13.6. The molecule has 2 N–H and O–H groups in total. The van der Waals surface area contributed by atoms with Crippen molar-refractivity contribution in [1.29, 1.82) is 0 Å². The number of hydrogen-bond acceptors (Lipinski definition) is 2. The summed E-state index contributed by atoms with van der Waals surface area (Å²) in [5, 5.41) is 12.4. The lowest BCUT2D eigenvalue weighted by Gasteiger charge is -2.21. The summed E-state index contributed by atoms with van der Waals surface area (Å²) in [5.74, 6) is -0.198. The number of hydrogen-bond donors (Lipinski definition) is 2. The largest absolute Gasteiger partial charge is 0.396 e. The lowest BCUT2D eigenvalue weighted by atomic mass is 9.95. The van der Waals surface area contributed by atoms with Gasteiger partial charge >= 0.3 is 0 Å². The minimum absolute atomic E-state index is 0.0293. The van der Waals surface area contributed by atoms with E-state index in [-0.39, 0.29) is 17.9 Å². The number of rotatable bonds is 5. The van der Waals surface area contributed by atoms with Gasteiger partial charge in [-0.25, -0.2) is 0 Å². The third-order valence-corrected chi connectivity index (χ3v) is 2.83. The molecule has 0 bridgehead atoms. The van der Waals surface area contributed by atoms with Crippen LogP contribution in [0.5, 0.6) is 0 Å². The summed E-state index contributed by atoms with van der Waals surface area (Å²) < 4.78 is 0. The minimum Gasteiger partial charge on any atom is -0.396 e. The Bertz CT molecular complexity index is 441. The Morgan fingerprint density at radius 3 is 2.72 bits per heavy atom. The van der Waals surface area contributed by atoms with Gasteiger partial charge in [-0.1, -0.05) is 43.6 Å². The zero-order valence-electron chi connectivity index (χ0n) is 10.6. The summed E-state index contributed by atoms with van der Waals surface area (Å²) in [7, 11) is 0. The molecule has 0 saturated heterocycles. The first-order chi connectivity index (χ1) is 8.44. The van der Waals surface area contributed by atoms with Crippen molar-refractivity contribution in [3.8, 4) is 0 Å². The Hall–Kier alpha value is -1.32. The van der Waals surface area contributed by atoms with E-state index in [1.807, 2.05) is 32.0 Å². The number of benzene rings is 1. The fourth-order valence-electron chi connectivity index (χ4n) is 1.22. The first kappa shape index (κ1) is 14.7. The van der Waals surface area contributed by atoms with E-state index >= 15 is 0 Å². The molecule has 1 aromatic carbocycles. The van der Waals surface area contributed by atoms with Crippen LogP contribution in [0.15, 0.2) is 30.3 Å². The predicted molar refractivity (Wildman–Crippen MR) is 74.4 cm³/mol. The van der Waals surface area contributed by atoms with Gasteiger partial charge in [0.2, 0.25) is 5.91 Å². The van der Waals surface area contributed by atoms with Crippen molar-refractivity contribution < 1.29 is 9.90 Å². The molecule has 18 heavy (non-hydrogen) atoms. The van der Waals surface area contributed by atoms with Gasteiger partial charge in [-0.05, 0) is 17.7 Å². The van der Waals surface area contributed by atoms with Crippen LogP contribution in [-0.4, -0.2) is 24.2 Å². The van der Waals surface area contributed by atoms with Gasteiger partial charge in [-0.15, -0.1) is 0 Å². The second kappa shape index (κ2) is 6.57. The van der Waals surface area contributed by atoms with Crippen LogP contribution in [0, 0.1) is 5.41 Å². The molecule has 4 heteroatoms. The Labute approximate surface area is 112 Å². The fraction of sp³-hybridized carbons (Fsp3) is 0.357. The number of carbonyl (C=O) groups excluding carboxylic acids is 1. The SMILES string of the molecule is CC(C)(CO)CNC(=O)/C=C/c1ccccc1Cl. The maximum absolute atomic E-state index is 11.6. The normalized spacial score (nSPS) is 11.8. The average Bonchev–Trinajstić information content (AvgIpc) is 2.35. The molecule has 0 aliphatic carbocycles. The van der Waals surface area contributed by atoms with E-state index in [2.05, 4.69) is 5.32 Å². The number of halogens is 1. The van der Waals surface area contributed by atoms with Crippen molar-refractivity contribution in [2.24, 2.45) is 5.41 Å². The standard InChI is InChI=1S/C14H18ClNO2/c1-14(2,10-17)9-16-13(18)8-7-11-5-3-4-6-12(11)15/h3-8,17H,9-10H2,1-2H3,(H,16,18)/b8-7+. The number of aliphatic hydroxyl groups excluding tert-OH is 1. The lowest BCUT2D eigenvalue weighted by molar-refractivity contribution is -0.116. The second-order valence-corrected chi connectivity index (χ2v) is 5.30. The third kappa shape index (κ3) is 4.90. The molecule has 0 aromatic heterocycles. The summed E-state index contributed by atoms with van der Waals surface area (Å²) >= 11 is 5.96. The van der Waals surface area contributed by atoms with E-state index in [1.54, 1.807) is 12.1 Å². The highest BCUT2D eigenvalue weighted by atomic mass is 35.5. The quantitative estimate of drug-likeness (QED) is 0.806. The molecule has 0 unspecified atom stereocenters. The fourth-order valence-corrected chi connectivity index (χ4v) is 1.42. The van der Waals surface area contributed by atoms with Crippen LogP contribution in [0.25, 0.3) is 6.08 Å². The predicted octanol–water partition coefficient (Wildman–Crippen LogP) is 2.49. The van der Waals surface area contributed by atoms with Gasteiger partial charge in [0.15, 0.2) is 0 Å². The van der Waals surface area contributed by atoms with Crippen molar-refractivity contribution in [2.45, 2.75) is 13.8 Å². The van der Waals surface area contributed by atoms with Crippen LogP contribution in [0.1, 0.15) is 19.4 Å². The highest BCUT2D eigenvalue weighted by Crippen LogP contribution is 2.16. The molecule has 1 amide bonds. The molecule has 0 radical (unpaired) electrons. The monoisotopic (exact) mass is 267 g/mol. The van der Waals surface area contributed by atoms with E-state index in [1.165, 1.54) is 6.08 Å². The zero-order valence-corrected chi connectivity index (χ0v) is 11.4. The van der Waals surface area contributed by atoms with Gasteiger partial charge in [-0.2, -0.15) is 0 Å². The Morgan fingerprint density at radius 2 is 2.11 bits per heavy atom. The third-order valence-electron chi connectivity index (χ3n) is 2.49. The number of aliphatic hydroxyl groups is 1. The highest BCUT2D eigenvalue weighted by Gasteiger charge is 2.16. The molecule has 1 rings (SSSR count). The van der Waals surface area contributed by atoms with Crippen LogP contribution in [-0.2, 0) is 4.79 Å². The van der Waals surface area contributed by atoms with Gasteiger partial charge in [0.25, 0.3) is 0 Å². The molecular weight excluding hydrogens is 250 g/mol. The van der Waals surface area contributed by atoms with E-state index in [0.29, 0.717) is 11.6 Å². The van der Waals surface area contributed by atoms with Gasteiger partial charge in [0, 0.05) is 29.7 Å². The minimum atomic E-state index is -0.312. The molecule has 0 heterocycles. The van der Waals surface area contributed by atoms with Crippen LogP contribution in [0.2, 0.25) is 5.02 Å². The summed E-state index contributed by atoms with van der Waals surface area (Å²) in [4.78, 5) is 11.6. The van der Waals surface area contributed by atoms with Crippen LogP contribution < -0.4 is 5.32 Å². The number of amides is 1. The average molecular weight is 268 g/mol. The molecule has 0 spiro atoms. The summed E-state index contributed by atoms with van der Waals surface area (Å²) in [6, 6.07) is 7.31. The van der Waals surface area contributed by atoms with E-state index in [9.17, 15) is 4.79 Å². The summed E-state index contributed by atoms with van der Waals surface area (Å²) in [5.41, 5.74) is 0.490. The van der Waals surface area contributed by atoms with Gasteiger partial charge in [0.1, 0.15) is 0 Å². The summed E-state index contributed by atoms with van der Waals surface area (Å²) in [6.07, 6.45) is 3.11. The van der Waals surface area contributed by atoms with Crippen LogP contribution in [0.4, 0.5) is 0 Å². The molecule has 98 valence electrons. The summed E-state index contributed by atoms with van der Waals surface area (Å²) in [6.45, 7) is 4.22. The smallest absolute Gasteiger partial charge is 0.244 e. The van der Waals surface area contributed by atoms with Gasteiger partial charge < -0.3 is 10.4 Å². The maximum atomic E-state index is 11.6. The maximum Gasteiger partial charge on any atom is 0.244 e. The molecule has 3 nitrogen and oxygen atoms in total. The first-order valence-electron chi connectivity index (χ1n) is 5.76. The molecular formula is C14H18ClNO2. The molecule has 0 aliphatic heterocycles. The molecule has 0 aliphatic rings. The lowest BCUT2D eigenvalue weighted by Crippen LogP contribution is -2.35. The molecule has 0 fully saturated rings. The molecule has 0 saturated carbocycles. The Morgan fingerprint density at radius 1 is 1.44 bits per heavy atom.